The maximum absolute atomic E-state index is 11.8. The van der Waals surface area contributed by atoms with E-state index in [0.717, 1.165) is 12.8 Å². The van der Waals surface area contributed by atoms with Crippen LogP contribution in [0.25, 0.3) is 0 Å². The first-order chi connectivity index (χ1) is 12.7. The highest BCUT2D eigenvalue weighted by atomic mass is 16.5. The van der Waals surface area contributed by atoms with E-state index in [-0.39, 0.29) is 12.1 Å². The molecule has 0 aromatic carbocycles. The van der Waals surface area contributed by atoms with Crippen LogP contribution in [0.2, 0.25) is 0 Å². The third kappa shape index (κ3) is 19.8. The second-order valence-corrected chi connectivity index (χ2v) is 8.14. The van der Waals surface area contributed by atoms with E-state index in [1.807, 2.05) is 6.92 Å². The summed E-state index contributed by atoms with van der Waals surface area (Å²) in [6.45, 7) is 6.53. The minimum Gasteiger partial charge on any atom is -0.463 e. The van der Waals surface area contributed by atoms with Gasteiger partial charge in [-0.15, -0.1) is 0 Å². The average molecular weight is 369 g/mol. The largest absolute Gasteiger partial charge is 0.463 e. The highest BCUT2D eigenvalue weighted by Crippen LogP contribution is 2.14. The van der Waals surface area contributed by atoms with Crippen LogP contribution >= 0.6 is 0 Å². The van der Waals surface area contributed by atoms with Crippen molar-refractivity contribution in [1.29, 1.82) is 0 Å². The highest BCUT2D eigenvalue weighted by Gasteiger charge is 2.08. The Bertz CT molecular complexity index is 288. The second kappa shape index (κ2) is 20.8. The van der Waals surface area contributed by atoms with Crippen LogP contribution in [0.5, 0.6) is 0 Å². The number of hydrogen-bond acceptors (Lipinski definition) is 2. The summed E-state index contributed by atoms with van der Waals surface area (Å²) < 4.78 is 5.50. The number of rotatable bonds is 20. The number of ether oxygens (including phenoxy) is 1. The van der Waals surface area contributed by atoms with E-state index in [4.69, 9.17) is 4.74 Å². The van der Waals surface area contributed by atoms with E-state index in [2.05, 4.69) is 13.8 Å². The standard InChI is InChI=1S/C24H48O2/c1-4-6-8-10-11-12-13-14-15-16-17-18-20-22-24(25)26-23(3)21-19-9-7-5-2/h23H,4-22H2,1-3H3. The number of esters is 1. The summed E-state index contributed by atoms with van der Waals surface area (Å²) in [5, 5.41) is 0. The van der Waals surface area contributed by atoms with E-state index < -0.39 is 0 Å². The first kappa shape index (κ1) is 25.5. The van der Waals surface area contributed by atoms with Crippen molar-refractivity contribution >= 4 is 5.97 Å². The molecule has 0 saturated heterocycles. The fourth-order valence-corrected chi connectivity index (χ4v) is 3.49. The van der Waals surface area contributed by atoms with E-state index in [0.29, 0.717) is 6.42 Å². The molecular weight excluding hydrogens is 320 g/mol. The molecule has 0 amide bonds. The highest BCUT2D eigenvalue weighted by molar-refractivity contribution is 5.69. The van der Waals surface area contributed by atoms with Gasteiger partial charge >= 0.3 is 5.97 Å². The number of hydrogen-bond donors (Lipinski definition) is 0. The van der Waals surface area contributed by atoms with Gasteiger partial charge in [-0.2, -0.15) is 0 Å². The molecule has 0 fully saturated rings. The van der Waals surface area contributed by atoms with Gasteiger partial charge in [0.2, 0.25) is 0 Å². The molecular formula is C24H48O2. The first-order valence-electron chi connectivity index (χ1n) is 11.9. The van der Waals surface area contributed by atoms with Gasteiger partial charge in [-0.3, -0.25) is 4.79 Å². The molecule has 0 rings (SSSR count). The normalized spacial score (nSPS) is 12.3. The van der Waals surface area contributed by atoms with Gasteiger partial charge in [-0.25, -0.2) is 0 Å². The third-order valence-corrected chi connectivity index (χ3v) is 5.28. The molecule has 0 aromatic rings. The monoisotopic (exact) mass is 368 g/mol. The summed E-state index contributed by atoms with van der Waals surface area (Å²) in [6, 6.07) is 0. The molecule has 0 aromatic heterocycles. The molecule has 0 aliphatic rings. The third-order valence-electron chi connectivity index (χ3n) is 5.28. The van der Waals surface area contributed by atoms with E-state index in [9.17, 15) is 4.79 Å². The van der Waals surface area contributed by atoms with E-state index in [1.165, 1.54) is 103 Å². The van der Waals surface area contributed by atoms with Crippen LogP contribution < -0.4 is 0 Å². The molecule has 2 heteroatoms. The average Bonchev–Trinajstić information content (AvgIpc) is 2.62. The van der Waals surface area contributed by atoms with Crippen molar-refractivity contribution in [2.24, 2.45) is 0 Å². The molecule has 0 saturated carbocycles. The molecule has 0 aliphatic heterocycles. The Kier molecular flexibility index (Phi) is 20.4. The van der Waals surface area contributed by atoms with Gasteiger partial charge in [0.05, 0.1) is 6.10 Å². The van der Waals surface area contributed by atoms with Crippen LogP contribution in [0, 0.1) is 0 Å². The van der Waals surface area contributed by atoms with Gasteiger partial charge < -0.3 is 4.74 Å². The topological polar surface area (TPSA) is 26.3 Å². The smallest absolute Gasteiger partial charge is 0.306 e. The van der Waals surface area contributed by atoms with Gasteiger partial charge in [0.15, 0.2) is 0 Å². The summed E-state index contributed by atoms with van der Waals surface area (Å²) in [4.78, 5) is 11.8. The quantitative estimate of drug-likeness (QED) is 0.159. The molecule has 1 atom stereocenters. The molecule has 0 bridgehead atoms. The SMILES string of the molecule is CCCCCCCCCCCCCCCC(=O)OC(C)CCCCCC. The minimum atomic E-state index is 0.0102. The predicted molar refractivity (Wildman–Crippen MR) is 115 cm³/mol. The van der Waals surface area contributed by atoms with Crippen molar-refractivity contribution in [2.45, 2.75) is 149 Å². The molecule has 0 aliphatic carbocycles. The van der Waals surface area contributed by atoms with Gasteiger partial charge in [0, 0.05) is 6.42 Å². The summed E-state index contributed by atoms with van der Waals surface area (Å²) in [5.74, 6) is 0.0102. The Morgan fingerprint density at radius 3 is 1.46 bits per heavy atom. The molecule has 0 N–H and O–H groups in total. The lowest BCUT2D eigenvalue weighted by Gasteiger charge is -2.13. The second-order valence-electron chi connectivity index (χ2n) is 8.14. The van der Waals surface area contributed by atoms with Crippen LogP contribution in [-0.2, 0) is 9.53 Å². The zero-order chi connectivity index (χ0) is 19.3. The first-order valence-corrected chi connectivity index (χ1v) is 11.9. The molecule has 26 heavy (non-hydrogen) atoms. The molecule has 0 spiro atoms. The molecule has 1 unspecified atom stereocenters. The van der Waals surface area contributed by atoms with Crippen molar-refractivity contribution in [3.05, 3.63) is 0 Å². The number of carbonyl (C=O) groups excluding carboxylic acids is 1. The summed E-state index contributed by atoms with van der Waals surface area (Å²) in [7, 11) is 0. The van der Waals surface area contributed by atoms with Crippen LogP contribution in [0.3, 0.4) is 0 Å². The lowest BCUT2D eigenvalue weighted by Crippen LogP contribution is -2.14. The Balaban J connectivity index is 3.25. The van der Waals surface area contributed by atoms with E-state index in [1.54, 1.807) is 0 Å². The Labute approximate surface area is 164 Å². The zero-order valence-electron chi connectivity index (χ0n) is 18.3. The van der Waals surface area contributed by atoms with Crippen molar-refractivity contribution in [3.8, 4) is 0 Å². The van der Waals surface area contributed by atoms with Crippen molar-refractivity contribution in [1.82, 2.24) is 0 Å². The fraction of sp³-hybridized carbons (Fsp3) is 0.958. The Hall–Kier alpha value is -0.530. The van der Waals surface area contributed by atoms with Crippen LogP contribution in [-0.4, -0.2) is 12.1 Å². The minimum absolute atomic E-state index is 0.0102. The maximum atomic E-state index is 11.8. The lowest BCUT2D eigenvalue weighted by molar-refractivity contribution is -0.148. The van der Waals surface area contributed by atoms with Crippen molar-refractivity contribution < 1.29 is 9.53 Å². The van der Waals surface area contributed by atoms with Crippen LogP contribution in [0.15, 0.2) is 0 Å². The van der Waals surface area contributed by atoms with Gasteiger partial charge in [-0.1, -0.05) is 110 Å². The molecule has 0 heterocycles. The summed E-state index contributed by atoms with van der Waals surface area (Å²) in [5.41, 5.74) is 0. The van der Waals surface area contributed by atoms with Crippen molar-refractivity contribution in [3.63, 3.8) is 0 Å². The number of unbranched alkanes of at least 4 members (excludes halogenated alkanes) is 15. The number of carbonyl (C=O) groups is 1. The van der Waals surface area contributed by atoms with Crippen LogP contribution in [0.1, 0.15) is 143 Å². The summed E-state index contributed by atoms with van der Waals surface area (Å²) in [6.07, 6.45) is 24.1. The van der Waals surface area contributed by atoms with Crippen LogP contribution in [0.4, 0.5) is 0 Å². The Morgan fingerprint density at radius 1 is 0.615 bits per heavy atom. The summed E-state index contributed by atoms with van der Waals surface area (Å²) >= 11 is 0. The predicted octanol–water partition coefficient (Wildman–Crippen LogP) is 8.37. The fourth-order valence-electron chi connectivity index (χ4n) is 3.49. The zero-order valence-corrected chi connectivity index (χ0v) is 18.3. The van der Waals surface area contributed by atoms with Gasteiger partial charge in [-0.05, 0) is 26.2 Å². The maximum Gasteiger partial charge on any atom is 0.306 e. The molecule has 0 radical (unpaired) electrons. The Morgan fingerprint density at radius 2 is 1.00 bits per heavy atom. The van der Waals surface area contributed by atoms with Crippen molar-refractivity contribution in [2.75, 3.05) is 0 Å². The molecule has 2 nitrogen and oxygen atoms in total. The lowest BCUT2D eigenvalue weighted by atomic mass is 10.0. The van der Waals surface area contributed by atoms with E-state index >= 15 is 0 Å². The van der Waals surface area contributed by atoms with Gasteiger partial charge in [0.1, 0.15) is 0 Å². The molecule has 156 valence electrons. The van der Waals surface area contributed by atoms with Gasteiger partial charge in [0.25, 0.3) is 0 Å².